The molecule has 2 rings (SSSR count). The normalized spacial score (nSPS) is 14.8. The van der Waals surface area contributed by atoms with E-state index < -0.39 is 0 Å². The number of nitrogens with zero attached hydrogens (tertiary/aromatic N) is 1. The largest absolute Gasteiger partial charge is 0.350 e. The van der Waals surface area contributed by atoms with Crippen molar-refractivity contribution in [3.8, 4) is 11.8 Å². The van der Waals surface area contributed by atoms with E-state index in [-0.39, 0.29) is 5.91 Å². The highest BCUT2D eigenvalue weighted by molar-refractivity contribution is 5.92. The lowest BCUT2D eigenvalue weighted by atomic mass is 10.1. The Morgan fingerprint density at radius 1 is 1.42 bits per heavy atom. The van der Waals surface area contributed by atoms with Gasteiger partial charge in [0.1, 0.15) is 5.69 Å². The molecular weight excluding hydrogens is 238 g/mol. The number of aromatic nitrogens is 1. The summed E-state index contributed by atoms with van der Waals surface area (Å²) in [6, 6.07) is 3.49. The quantitative estimate of drug-likeness (QED) is 0.802. The van der Waals surface area contributed by atoms with Crippen molar-refractivity contribution >= 4 is 5.91 Å². The number of carbonyl (C=O) groups excluding carboxylic acids is 1. The van der Waals surface area contributed by atoms with Crippen LogP contribution in [0.1, 0.15) is 41.7 Å². The molecular formula is C15H19N3O. The van der Waals surface area contributed by atoms with Gasteiger partial charge in [-0.25, -0.2) is 4.98 Å². The summed E-state index contributed by atoms with van der Waals surface area (Å²) in [6.07, 6.45) is 6.62. The maximum Gasteiger partial charge on any atom is 0.269 e. The average Bonchev–Trinajstić information content (AvgIpc) is 2.96. The lowest BCUT2D eigenvalue weighted by Gasteiger charge is -2.10. The summed E-state index contributed by atoms with van der Waals surface area (Å²) in [5, 5.41) is 2.95. The van der Waals surface area contributed by atoms with Crippen LogP contribution in [0, 0.1) is 17.8 Å². The first kappa shape index (κ1) is 13.6. The van der Waals surface area contributed by atoms with Crippen LogP contribution in [-0.2, 0) is 0 Å². The minimum Gasteiger partial charge on any atom is -0.350 e. The minimum absolute atomic E-state index is 0.106. The molecule has 0 saturated heterocycles. The lowest BCUT2D eigenvalue weighted by molar-refractivity contribution is 0.0942. The molecule has 0 bridgehead atoms. The third kappa shape index (κ3) is 4.08. The molecule has 1 fully saturated rings. The molecule has 1 aromatic rings. The van der Waals surface area contributed by atoms with Gasteiger partial charge in [-0.3, -0.25) is 4.79 Å². The number of carbonyl (C=O) groups is 1. The van der Waals surface area contributed by atoms with Crippen molar-refractivity contribution in [3.63, 3.8) is 0 Å². The van der Waals surface area contributed by atoms with Crippen LogP contribution in [0.25, 0.3) is 0 Å². The number of nitrogens with one attached hydrogen (secondary N) is 1. The highest BCUT2D eigenvalue weighted by atomic mass is 16.1. The van der Waals surface area contributed by atoms with E-state index in [1.807, 2.05) is 0 Å². The van der Waals surface area contributed by atoms with Gasteiger partial charge in [0.05, 0.1) is 6.54 Å². The Labute approximate surface area is 113 Å². The van der Waals surface area contributed by atoms with Crippen LogP contribution in [-0.4, -0.2) is 24.0 Å². The Kier molecular flexibility index (Phi) is 4.93. The second-order valence-corrected chi connectivity index (χ2v) is 4.80. The maximum absolute atomic E-state index is 11.9. The van der Waals surface area contributed by atoms with Crippen LogP contribution in [0.4, 0.5) is 0 Å². The van der Waals surface area contributed by atoms with Gasteiger partial charge in [0.25, 0.3) is 5.91 Å². The summed E-state index contributed by atoms with van der Waals surface area (Å²) in [7, 11) is 0. The van der Waals surface area contributed by atoms with E-state index in [0.717, 1.165) is 12.1 Å². The Balaban J connectivity index is 1.88. The van der Waals surface area contributed by atoms with Crippen molar-refractivity contribution in [1.82, 2.24) is 10.3 Å². The molecule has 0 aromatic carbocycles. The number of nitrogens with two attached hydrogens (primary N) is 1. The Bertz CT molecular complexity index is 478. The van der Waals surface area contributed by atoms with E-state index in [9.17, 15) is 4.79 Å². The maximum atomic E-state index is 11.9. The van der Waals surface area contributed by atoms with Crippen molar-refractivity contribution in [3.05, 3.63) is 29.6 Å². The van der Waals surface area contributed by atoms with Gasteiger partial charge in [-0.05, 0) is 30.9 Å². The van der Waals surface area contributed by atoms with Crippen molar-refractivity contribution in [2.45, 2.75) is 25.7 Å². The lowest BCUT2D eigenvalue weighted by Crippen LogP contribution is -2.28. The fraction of sp³-hybridized carbons (Fsp3) is 0.467. The second-order valence-electron chi connectivity index (χ2n) is 4.80. The SMILES string of the molecule is NCC#Cc1ccc(C(=O)NCC2CCCC2)nc1. The molecule has 4 heteroatoms. The molecule has 1 aliphatic rings. The summed E-state index contributed by atoms with van der Waals surface area (Å²) in [5.41, 5.74) is 6.51. The third-order valence-corrected chi connectivity index (χ3v) is 3.36. The van der Waals surface area contributed by atoms with E-state index in [2.05, 4.69) is 22.1 Å². The number of hydrogen-bond acceptors (Lipinski definition) is 3. The smallest absolute Gasteiger partial charge is 0.269 e. The molecule has 1 saturated carbocycles. The molecule has 0 aliphatic heterocycles. The van der Waals surface area contributed by atoms with E-state index in [1.165, 1.54) is 25.7 Å². The Hall–Kier alpha value is -1.86. The van der Waals surface area contributed by atoms with Crippen LogP contribution in [0.5, 0.6) is 0 Å². The van der Waals surface area contributed by atoms with E-state index in [4.69, 9.17) is 5.73 Å². The van der Waals surface area contributed by atoms with E-state index in [1.54, 1.807) is 18.3 Å². The van der Waals surface area contributed by atoms with E-state index >= 15 is 0 Å². The van der Waals surface area contributed by atoms with Gasteiger partial charge in [0, 0.05) is 18.3 Å². The molecule has 0 spiro atoms. The molecule has 1 heterocycles. The standard InChI is InChI=1S/C15H19N3O/c16-9-3-6-13-7-8-14(17-10-13)15(19)18-11-12-4-1-2-5-12/h7-8,10,12H,1-2,4-5,9,11,16H2,(H,18,19). The van der Waals surface area contributed by atoms with Crippen LogP contribution in [0.15, 0.2) is 18.3 Å². The van der Waals surface area contributed by atoms with Crippen LogP contribution >= 0.6 is 0 Å². The van der Waals surface area contributed by atoms with Crippen molar-refractivity contribution in [1.29, 1.82) is 0 Å². The fourth-order valence-corrected chi connectivity index (χ4v) is 2.30. The Morgan fingerprint density at radius 3 is 2.84 bits per heavy atom. The molecule has 0 unspecified atom stereocenters. The van der Waals surface area contributed by atoms with Gasteiger partial charge in [0.15, 0.2) is 0 Å². The summed E-state index contributed by atoms with van der Waals surface area (Å²) in [5.74, 6) is 6.16. The van der Waals surface area contributed by atoms with Crippen LogP contribution < -0.4 is 11.1 Å². The average molecular weight is 257 g/mol. The molecule has 1 aliphatic carbocycles. The highest BCUT2D eigenvalue weighted by Gasteiger charge is 2.16. The van der Waals surface area contributed by atoms with Crippen molar-refractivity contribution < 1.29 is 4.79 Å². The molecule has 4 nitrogen and oxygen atoms in total. The van der Waals surface area contributed by atoms with Crippen LogP contribution in [0.3, 0.4) is 0 Å². The molecule has 3 N–H and O–H groups in total. The highest BCUT2D eigenvalue weighted by Crippen LogP contribution is 2.23. The third-order valence-electron chi connectivity index (χ3n) is 3.36. The minimum atomic E-state index is -0.106. The summed E-state index contributed by atoms with van der Waals surface area (Å²) in [6.45, 7) is 1.08. The molecule has 1 amide bonds. The van der Waals surface area contributed by atoms with Gasteiger partial charge in [-0.15, -0.1) is 0 Å². The van der Waals surface area contributed by atoms with Gasteiger partial charge in [0.2, 0.25) is 0 Å². The number of pyridine rings is 1. The zero-order valence-corrected chi connectivity index (χ0v) is 11.0. The molecule has 0 radical (unpaired) electrons. The first-order chi connectivity index (χ1) is 9.29. The number of hydrogen-bond donors (Lipinski definition) is 2. The second kappa shape index (κ2) is 6.91. The zero-order valence-electron chi connectivity index (χ0n) is 11.0. The van der Waals surface area contributed by atoms with Gasteiger partial charge in [-0.1, -0.05) is 24.7 Å². The predicted octanol–water partition coefficient (Wildman–Crippen LogP) is 1.31. The zero-order chi connectivity index (χ0) is 13.5. The topological polar surface area (TPSA) is 68.0 Å². The summed E-state index contributed by atoms with van der Waals surface area (Å²) < 4.78 is 0. The van der Waals surface area contributed by atoms with Gasteiger partial charge >= 0.3 is 0 Å². The molecule has 1 aromatic heterocycles. The first-order valence-electron chi connectivity index (χ1n) is 6.73. The summed E-state index contributed by atoms with van der Waals surface area (Å²) in [4.78, 5) is 16.0. The Morgan fingerprint density at radius 2 is 2.21 bits per heavy atom. The van der Waals surface area contributed by atoms with Gasteiger partial charge in [-0.2, -0.15) is 0 Å². The molecule has 19 heavy (non-hydrogen) atoms. The summed E-state index contributed by atoms with van der Waals surface area (Å²) >= 11 is 0. The predicted molar refractivity (Wildman–Crippen MR) is 74.5 cm³/mol. The fourth-order valence-electron chi connectivity index (χ4n) is 2.30. The number of rotatable bonds is 3. The monoisotopic (exact) mass is 257 g/mol. The van der Waals surface area contributed by atoms with Crippen LogP contribution in [0.2, 0.25) is 0 Å². The van der Waals surface area contributed by atoms with Gasteiger partial charge < -0.3 is 11.1 Å². The molecule has 100 valence electrons. The van der Waals surface area contributed by atoms with Crippen molar-refractivity contribution in [2.75, 3.05) is 13.1 Å². The van der Waals surface area contributed by atoms with Crippen molar-refractivity contribution in [2.24, 2.45) is 11.7 Å². The first-order valence-corrected chi connectivity index (χ1v) is 6.73. The number of amides is 1. The molecule has 0 atom stereocenters. The van der Waals surface area contributed by atoms with E-state index in [0.29, 0.717) is 18.2 Å².